The molecule has 2 rings (SSSR count). The van der Waals surface area contributed by atoms with Gasteiger partial charge in [-0.2, -0.15) is 0 Å². The van der Waals surface area contributed by atoms with Crippen molar-refractivity contribution >= 4 is 5.69 Å². The van der Waals surface area contributed by atoms with Crippen molar-refractivity contribution in [1.29, 1.82) is 0 Å². The standard InChI is InChI=1S/C19H32N2/c1-6-11-21(14-16-7-8-16)18-10-9-17(15(2)12-18)13-20-19(3,4)5/h9-10,12,16,20H,6-8,11,13-14H2,1-5H3. The van der Waals surface area contributed by atoms with Crippen LogP contribution in [-0.2, 0) is 6.54 Å². The van der Waals surface area contributed by atoms with Gasteiger partial charge in [-0.3, -0.25) is 0 Å². The van der Waals surface area contributed by atoms with Gasteiger partial charge in [-0.25, -0.2) is 0 Å². The number of rotatable bonds is 7. The Kier molecular flexibility index (Phi) is 5.32. The average Bonchev–Trinajstić information content (AvgIpc) is 3.20. The summed E-state index contributed by atoms with van der Waals surface area (Å²) >= 11 is 0. The van der Waals surface area contributed by atoms with Crippen LogP contribution in [-0.4, -0.2) is 18.6 Å². The van der Waals surface area contributed by atoms with E-state index in [2.05, 4.69) is 63.0 Å². The van der Waals surface area contributed by atoms with Crippen molar-refractivity contribution in [3.63, 3.8) is 0 Å². The van der Waals surface area contributed by atoms with Crippen molar-refractivity contribution in [3.05, 3.63) is 29.3 Å². The van der Waals surface area contributed by atoms with Crippen LogP contribution in [0.25, 0.3) is 0 Å². The van der Waals surface area contributed by atoms with E-state index in [9.17, 15) is 0 Å². The molecule has 0 unspecified atom stereocenters. The van der Waals surface area contributed by atoms with E-state index in [0.717, 1.165) is 12.5 Å². The lowest BCUT2D eigenvalue weighted by atomic mass is 10.0. The summed E-state index contributed by atoms with van der Waals surface area (Å²) < 4.78 is 0. The first-order valence-corrected chi connectivity index (χ1v) is 8.48. The number of nitrogens with zero attached hydrogens (tertiary/aromatic N) is 1. The van der Waals surface area contributed by atoms with Gasteiger partial charge in [-0.05, 0) is 76.1 Å². The predicted molar refractivity (Wildman–Crippen MR) is 93.0 cm³/mol. The second-order valence-corrected chi connectivity index (χ2v) is 7.60. The highest BCUT2D eigenvalue weighted by Crippen LogP contribution is 2.32. The summed E-state index contributed by atoms with van der Waals surface area (Å²) in [6, 6.07) is 6.99. The van der Waals surface area contributed by atoms with E-state index >= 15 is 0 Å². The first-order valence-electron chi connectivity index (χ1n) is 8.48. The number of anilines is 1. The minimum atomic E-state index is 0.172. The molecule has 1 aromatic carbocycles. The number of aryl methyl sites for hydroxylation is 1. The van der Waals surface area contributed by atoms with Gasteiger partial charge in [0.25, 0.3) is 0 Å². The molecule has 0 amide bonds. The Bertz CT molecular complexity index is 455. The molecular formula is C19H32N2. The maximum Gasteiger partial charge on any atom is 0.0369 e. The summed E-state index contributed by atoms with van der Waals surface area (Å²) in [6.07, 6.45) is 4.07. The van der Waals surface area contributed by atoms with E-state index in [1.807, 2.05) is 0 Å². The van der Waals surface area contributed by atoms with Crippen molar-refractivity contribution in [1.82, 2.24) is 5.32 Å². The Morgan fingerprint density at radius 2 is 1.95 bits per heavy atom. The lowest BCUT2D eigenvalue weighted by Gasteiger charge is -2.26. The van der Waals surface area contributed by atoms with Crippen molar-refractivity contribution in [2.45, 2.75) is 66.0 Å². The molecule has 21 heavy (non-hydrogen) atoms. The van der Waals surface area contributed by atoms with E-state index in [1.165, 1.54) is 49.2 Å². The van der Waals surface area contributed by atoms with Gasteiger partial charge in [0.15, 0.2) is 0 Å². The number of nitrogens with one attached hydrogen (secondary N) is 1. The molecule has 0 spiro atoms. The molecule has 0 saturated heterocycles. The molecule has 1 N–H and O–H groups in total. The maximum absolute atomic E-state index is 3.58. The van der Waals surface area contributed by atoms with Gasteiger partial charge >= 0.3 is 0 Å². The molecule has 1 aliphatic carbocycles. The summed E-state index contributed by atoms with van der Waals surface area (Å²) in [4.78, 5) is 2.58. The quantitative estimate of drug-likeness (QED) is 0.794. The molecule has 1 saturated carbocycles. The van der Waals surface area contributed by atoms with Gasteiger partial charge in [0, 0.05) is 30.9 Å². The summed E-state index contributed by atoms with van der Waals surface area (Å²) in [5.74, 6) is 0.944. The zero-order valence-electron chi connectivity index (χ0n) is 14.5. The molecule has 0 bridgehead atoms. The Morgan fingerprint density at radius 3 is 2.48 bits per heavy atom. The van der Waals surface area contributed by atoms with Gasteiger partial charge in [-0.15, -0.1) is 0 Å². The summed E-state index contributed by atoms with van der Waals surface area (Å²) in [7, 11) is 0. The summed E-state index contributed by atoms with van der Waals surface area (Å²) in [5.41, 5.74) is 4.39. The molecular weight excluding hydrogens is 256 g/mol. The van der Waals surface area contributed by atoms with Crippen LogP contribution >= 0.6 is 0 Å². The van der Waals surface area contributed by atoms with Gasteiger partial charge in [0.1, 0.15) is 0 Å². The minimum Gasteiger partial charge on any atom is -0.371 e. The first-order chi connectivity index (χ1) is 9.89. The highest BCUT2D eigenvalue weighted by atomic mass is 15.1. The fourth-order valence-electron chi connectivity index (χ4n) is 2.64. The lowest BCUT2D eigenvalue weighted by Crippen LogP contribution is -2.35. The summed E-state index contributed by atoms with van der Waals surface area (Å²) in [6.45, 7) is 14.5. The van der Waals surface area contributed by atoms with Gasteiger partial charge in [0.2, 0.25) is 0 Å². The van der Waals surface area contributed by atoms with Crippen LogP contribution in [0.15, 0.2) is 18.2 Å². The molecule has 0 aliphatic heterocycles. The minimum absolute atomic E-state index is 0.172. The van der Waals surface area contributed by atoms with Crippen LogP contribution in [0.1, 0.15) is 58.1 Å². The molecule has 1 aliphatic rings. The van der Waals surface area contributed by atoms with Crippen LogP contribution in [0.4, 0.5) is 5.69 Å². The topological polar surface area (TPSA) is 15.3 Å². The summed E-state index contributed by atoms with van der Waals surface area (Å²) in [5, 5.41) is 3.58. The molecule has 2 heteroatoms. The van der Waals surface area contributed by atoms with Gasteiger partial charge < -0.3 is 10.2 Å². The molecule has 0 heterocycles. The molecule has 1 fully saturated rings. The van der Waals surface area contributed by atoms with Crippen LogP contribution in [0.2, 0.25) is 0 Å². The van der Waals surface area contributed by atoms with Crippen molar-refractivity contribution in [2.75, 3.05) is 18.0 Å². The number of hydrogen-bond acceptors (Lipinski definition) is 2. The highest BCUT2D eigenvalue weighted by molar-refractivity contribution is 5.51. The van der Waals surface area contributed by atoms with Crippen LogP contribution < -0.4 is 10.2 Å². The smallest absolute Gasteiger partial charge is 0.0369 e. The molecule has 118 valence electrons. The molecule has 0 atom stereocenters. The number of hydrogen-bond donors (Lipinski definition) is 1. The molecule has 0 radical (unpaired) electrons. The van der Waals surface area contributed by atoms with Crippen LogP contribution in [0.3, 0.4) is 0 Å². The van der Waals surface area contributed by atoms with E-state index < -0.39 is 0 Å². The Hall–Kier alpha value is -1.02. The van der Waals surface area contributed by atoms with E-state index in [-0.39, 0.29) is 5.54 Å². The molecule has 2 nitrogen and oxygen atoms in total. The Balaban J connectivity index is 2.05. The van der Waals surface area contributed by atoms with Crippen molar-refractivity contribution in [2.24, 2.45) is 5.92 Å². The molecule has 1 aromatic rings. The monoisotopic (exact) mass is 288 g/mol. The SMILES string of the molecule is CCCN(CC1CC1)c1ccc(CNC(C)(C)C)c(C)c1. The van der Waals surface area contributed by atoms with Gasteiger partial charge in [-0.1, -0.05) is 13.0 Å². The predicted octanol–water partition coefficient (Wildman–Crippen LogP) is 4.51. The third-order valence-corrected chi connectivity index (χ3v) is 4.17. The first kappa shape index (κ1) is 16.4. The zero-order valence-corrected chi connectivity index (χ0v) is 14.5. The Morgan fingerprint density at radius 1 is 1.24 bits per heavy atom. The maximum atomic E-state index is 3.58. The van der Waals surface area contributed by atoms with E-state index in [0.29, 0.717) is 0 Å². The molecule has 0 aromatic heterocycles. The van der Waals surface area contributed by atoms with Crippen LogP contribution in [0, 0.1) is 12.8 Å². The average molecular weight is 288 g/mol. The third kappa shape index (κ3) is 5.35. The fraction of sp³-hybridized carbons (Fsp3) is 0.684. The van der Waals surface area contributed by atoms with Gasteiger partial charge in [0.05, 0.1) is 0 Å². The lowest BCUT2D eigenvalue weighted by molar-refractivity contribution is 0.424. The second-order valence-electron chi connectivity index (χ2n) is 7.60. The van der Waals surface area contributed by atoms with E-state index in [4.69, 9.17) is 0 Å². The number of benzene rings is 1. The van der Waals surface area contributed by atoms with Crippen LogP contribution in [0.5, 0.6) is 0 Å². The fourth-order valence-corrected chi connectivity index (χ4v) is 2.64. The third-order valence-electron chi connectivity index (χ3n) is 4.17. The van der Waals surface area contributed by atoms with Crippen molar-refractivity contribution in [3.8, 4) is 0 Å². The largest absolute Gasteiger partial charge is 0.371 e. The van der Waals surface area contributed by atoms with Crippen molar-refractivity contribution < 1.29 is 0 Å². The Labute approximate surface area is 130 Å². The second kappa shape index (κ2) is 6.83. The highest BCUT2D eigenvalue weighted by Gasteiger charge is 2.24. The van der Waals surface area contributed by atoms with E-state index in [1.54, 1.807) is 0 Å². The normalized spacial score (nSPS) is 15.3. The zero-order chi connectivity index (χ0) is 15.5.